The minimum Gasteiger partial charge on any atom is -0.493 e. The number of nitrogens with zero attached hydrogens (tertiary/aromatic N) is 3. The lowest BCUT2D eigenvalue weighted by Crippen LogP contribution is -2.54. The molecule has 1 aliphatic rings. The first-order valence-electron chi connectivity index (χ1n) is 9.81. The van der Waals surface area contributed by atoms with Gasteiger partial charge in [0.25, 0.3) is 0 Å². The van der Waals surface area contributed by atoms with E-state index in [1.807, 2.05) is 39.0 Å². The molecule has 0 atom stereocenters. The van der Waals surface area contributed by atoms with Crippen LogP contribution in [0.1, 0.15) is 26.3 Å². The molecule has 9 heteroatoms. The van der Waals surface area contributed by atoms with Crippen LogP contribution in [0.15, 0.2) is 23.2 Å². The summed E-state index contributed by atoms with van der Waals surface area (Å²) in [6.07, 6.45) is 0. The summed E-state index contributed by atoms with van der Waals surface area (Å²) >= 11 is 6.08. The second kappa shape index (κ2) is 13.1. The number of ether oxygens (including phenoxy) is 1. The molecule has 0 spiro atoms. The molecule has 1 aliphatic heterocycles. The second-order valence-electron chi connectivity index (χ2n) is 7.07. The molecule has 1 saturated heterocycles. The van der Waals surface area contributed by atoms with Gasteiger partial charge in [0.1, 0.15) is 5.75 Å². The van der Waals surface area contributed by atoms with Gasteiger partial charge in [-0.2, -0.15) is 0 Å². The number of halogens is 2. The summed E-state index contributed by atoms with van der Waals surface area (Å²) in [5.41, 5.74) is 1.04. The Hall–Kier alpha value is -1.26. The van der Waals surface area contributed by atoms with Gasteiger partial charge in [-0.15, -0.1) is 24.0 Å². The van der Waals surface area contributed by atoms with Gasteiger partial charge in [0.15, 0.2) is 5.96 Å². The van der Waals surface area contributed by atoms with Gasteiger partial charge in [-0.3, -0.25) is 14.7 Å². The van der Waals surface area contributed by atoms with Crippen molar-refractivity contribution in [2.45, 2.75) is 33.4 Å². The Morgan fingerprint density at radius 1 is 1.28 bits per heavy atom. The number of benzene rings is 1. The van der Waals surface area contributed by atoms with Gasteiger partial charge in [0, 0.05) is 56.4 Å². The van der Waals surface area contributed by atoms with Crippen molar-refractivity contribution < 1.29 is 9.53 Å². The van der Waals surface area contributed by atoms with Gasteiger partial charge in [-0.1, -0.05) is 17.7 Å². The summed E-state index contributed by atoms with van der Waals surface area (Å²) in [6.45, 7) is 10.9. The molecule has 1 aromatic carbocycles. The zero-order chi connectivity index (χ0) is 20.5. The highest BCUT2D eigenvalue weighted by Gasteiger charge is 2.21. The molecule has 2 N–H and O–H groups in total. The number of carbonyl (C=O) groups excluding carboxylic acids is 1. The standard InChI is InChI=1S/C20H32ClN5O2.HI/c1-5-28-18-12-17(21)7-6-16(18)13-23-20(22-4)26-10-8-25(9-11-26)14-19(27)24-15(2)3;/h6-7,12,15H,5,8-11,13-14H2,1-4H3,(H,22,23)(H,24,27);1H. The zero-order valence-corrected chi connectivity index (χ0v) is 20.8. The van der Waals surface area contributed by atoms with Gasteiger partial charge in [-0.25, -0.2) is 0 Å². The molecule has 2 rings (SSSR count). The monoisotopic (exact) mass is 537 g/mol. The number of piperazine rings is 1. The molecular formula is C20H33ClIN5O2. The predicted octanol–water partition coefficient (Wildman–Crippen LogP) is 2.57. The van der Waals surface area contributed by atoms with E-state index in [2.05, 4.69) is 25.4 Å². The first-order valence-corrected chi connectivity index (χ1v) is 10.2. The molecule has 0 aliphatic carbocycles. The van der Waals surface area contributed by atoms with Crippen LogP contribution < -0.4 is 15.4 Å². The molecule has 1 heterocycles. The fourth-order valence-electron chi connectivity index (χ4n) is 3.16. The van der Waals surface area contributed by atoms with E-state index in [0.717, 1.165) is 43.5 Å². The van der Waals surface area contributed by atoms with Crippen LogP contribution >= 0.6 is 35.6 Å². The lowest BCUT2D eigenvalue weighted by atomic mass is 10.2. The maximum Gasteiger partial charge on any atom is 0.234 e. The fourth-order valence-corrected chi connectivity index (χ4v) is 3.32. The van der Waals surface area contributed by atoms with E-state index in [0.29, 0.717) is 24.7 Å². The van der Waals surface area contributed by atoms with E-state index >= 15 is 0 Å². The minimum absolute atomic E-state index is 0. The van der Waals surface area contributed by atoms with E-state index in [1.165, 1.54) is 0 Å². The van der Waals surface area contributed by atoms with Crippen molar-refractivity contribution in [2.24, 2.45) is 4.99 Å². The van der Waals surface area contributed by atoms with Crippen molar-refractivity contribution >= 4 is 47.4 Å². The molecule has 1 aromatic rings. The lowest BCUT2D eigenvalue weighted by Gasteiger charge is -2.36. The molecule has 0 bridgehead atoms. The molecule has 1 fully saturated rings. The zero-order valence-electron chi connectivity index (χ0n) is 17.7. The smallest absolute Gasteiger partial charge is 0.234 e. The predicted molar refractivity (Wildman–Crippen MR) is 130 cm³/mol. The first kappa shape index (κ1) is 25.8. The van der Waals surface area contributed by atoms with Gasteiger partial charge in [0.05, 0.1) is 13.2 Å². The lowest BCUT2D eigenvalue weighted by molar-refractivity contribution is -0.123. The van der Waals surface area contributed by atoms with Gasteiger partial charge in [0.2, 0.25) is 5.91 Å². The summed E-state index contributed by atoms with van der Waals surface area (Å²) < 4.78 is 5.69. The maximum absolute atomic E-state index is 11.9. The Bertz CT molecular complexity index is 679. The van der Waals surface area contributed by atoms with Crippen LogP contribution in [-0.4, -0.2) is 74.1 Å². The molecule has 7 nitrogen and oxygen atoms in total. The van der Waals surface area contributed by atoms with Crippen LogP contribution in [0.2, 0.25) is 5.02 Å². The third-order valence-electron chi connectivity index (χ3n) is 4.47. The molecule has 164 valence electrons. The Kier molecular flexibility index (Phi) is 11.7. The molecule has 0 aromatic heterocycles. The van der Waals surface area contributed by atoms with Crippen molar-refractivity contribution in [3.05, 3.63) is 28.8 Å². The third kappa shape index (κ3) is 8.55. The quantitative estimate of drug-likeness (QED) is 0.318. The number of nitrogens with one attached hydrogen (secondary N) is 2. The molecule has 0 unspecified atom stereocenters. The topological polar surface area (TPSA) is 69.2 Å². The minimum atomic E-state index is 0. The Labute approximate surface area is 196 Å². The number of hydrogen-bond donors (Lipinski definition) is 2. The molecule has 0 radical (unpaired) electrons. The van der Waals surface area contributed by atoms with E-state index in [4.69, 9.17) is 16.3 Å². The average Bonchev–Trinajstić information content (AvgIpc) is 2.64. The van der Waals surface area contributed by atoms with Crippen LogP contribution in [-0.2, 0) is 11.3 Å². The van der Waals surface area contributed by atoms with Crippen molar-refractivity contribution in [1.29, 1.82) is 0 Å². The average molecular weight is 538 g/mol. The van der Waals surface area contributed by atoms with Crippen molar-refractivity contribution in [3.8, 4) is 5.75 Å². The van der Waals surface area contributed by atoms with Crippen LogP contribution in [0.4, 0.5) is 0 Å². The summed E-state index contributed by atoms with van der Waals surface area (Å²) in [4.78, 5) is 20.7. The highest BCUT2D eigenvalue weighted by Crippen LogP contribution is 2.23. The largest absolute Gasteiger partial charge is 0.493 e. The number of amides is 1. The Balaban J connectivity index is 0.00000420. The van der Waals surface area contributed by atoms with Crippen LogP contribution in [0, 0.1) is 0 Å². The Morgan fingerprint density at radius 3 is 2.55 bits per heavy atom. The van der Waals surface area contributed by atoms with E-state index in [9.17, 15) is 4.79 Å². The maximum atomic E-state index is 11.9. The van der Waals surface area contributed by atoms with E-state index in [1.54, 1.807) is 7.05 Å². The highest BCUT2D eigenvalue weighted by molar-refractivity contribution is 14.0. The highest BCUT2D eigenvalue weighted by atomic mass is 127. The Morgan fingerprint density at radius 2 is 1.97 bits per heavy atom. The number of aliphatic imine (C=N–C) groups is 1. The number of guanidine groups is 1. The summed E-state index contributed by atoms with van der Waals surface area (Å²) in [5.74, 6) is 1.72. The number of rotatable bonds is 7. The van der Waals surface area contributed by atoms with Crippen molar-refractivity contribution in [1.82, 2.24) is 20.4 Å². The van der Waals surface area contributed by atoms with E-state index in [-0.39, 0.29) is 35.9 Å². The number of carbonyl (C=O) groups is 1. The SMILES string of the molecule is CCOc1cc(Cl)ccc1CNC(=NC)N1CCN(CC(=O)NC(C)C)CC1.I. The number of hydrogen-bond acceptors (Lipinski definition) is 4. The van der Waals surface area contributed by atoms with Crippen LogP contribution in [0.5, 0.6) is 5.75 Å². The van der Waals surface area contributed by atoms with Crippen LogP contribution in [0.25, 0.3) is 0 Å². The molecule has 0 saturated carbocycles. The van der Waals surface area contributed by atoms with Gasteiger partial charge >= 0.3 is 0 Å². The summed E-state index contributed by atoms with van der Waals surface area (Å²) in [5, 5.41) is 7.01. The summed E-state index contributed by atoms with van der Waals surface area (Å²) in [6, 6.07) is 5.85. The van der Waals surface area contributed by atoms with Gasteiger partial charge in [-0.05, 0) is 32.9 Å². The third-order valence-corrected chi connectivity index (χ3v) is 4.70. The van der Waals surface area contributed by atoms with Gasteiger partial charge < -0.3 is 20.3 Å². The normalized spacial score (nSPS) is 15.1. The van der Waals surface area contributed by atoms with Crippen molar-refractivity contribution in [3.63, 3.8) is 0 Å². The first-order chi connectivity index (χ1) is 13.4. The molecule has 29 heavy (non-hydrogen) atoms. The second-order valence-corrected chi connectivity index (χ2v) is 7.51. The summed E-state index contributed by atoms with van der Waals surface area (Å²) in [7, 11) is 1.79. The molecular weight excluding hydrogens is 505 g/mol. The fraction of sp³-hybridized carbons (Fsp3) is 0.600. The molecule has 1 amide bonds. The van der Waals surface area contributed by atoms with Crippen LogP contribution in [0.3, 0.4) is 0 Å². The van der Waals surface area contributed by atoms with Crippen molar-refractivity contribution in [2.75, 3.05) is 46.4 Å². The van der Waals surface area contributed by atoms with E-state index < -0.39 is 0 Å².